The van der Waals surface area contributed by atoms with E-state index in [0.717, 1.165) is 31.4 Å². The van der Waals surface area contributed by atoms with E-state index >= 15 is 0 Å². The normalized spacial score (nSPS) is 24.6. The molecule has 0 spiro atoms. The standard InChI is InChI=1S/C11H20O3/c1-9(2)7-10(12)8-14-11-5-3-4-6-13-11/h10-12H,1,3-8H2,2H3/t10-,11?/m0/s1. The molecule has 1 aliphatic rings. The topological polar surface area (TPSA) is 38.7 Å². The van der Waals surface area contributed by atoms with E-state index in [1.807, 2.05) is 6.92 Å². The summed E-state index contributed by atoms with van der Waals surface area (Å²) in [5.41, 5.74) is 0.977. The average molecular weight is 200 g/mol. The lowest BCUT2D eigenvalue weighted by Gasteiger charge is -2.23. The van der Waals surface area contributed by atoms with Gasteiger partial charge in [0.15, 0.2) is 6.29 Å². The predicted molar refractivity (Wildman–Crippen MR) is 55.0 cm³/mol. The van der Waals surface area contributed by atoms with Gasteiger partial charge in [-0.25, -0.2) is 0 Å². The Morgan fingerprint density at radius 1 is 1.64 bits per heavy atom. The van der Waals surface area contributed by atoms with Gasteiger partial charge < -0.3 is 14.6 Å². The van der Waals surface area contributed by atoms with Crippen LogP contribution >= 0.6 is 0 Å². The molecule has 1 saturated heterocycles. The third kappa shape index (κ3) is 4.74. The first kappa shape index (κ1) is 11.7. The van der Waals surface area contributed by atoms with E-state index in [1.165, 1.54) is 0 Å². The molecule has 82 valence electrons. The first-order chi connectivity index (χ1) is 6.68. The Morgan fingerprint density at radius 2 is 2.43 bits per heavy atom. The first-order valence-corrected chi connectivity index (χ1v) is 5.24. The molecular formula is C11H20O3. The molecule has 1 fully saturated rings. The monoisotopic (exact) mass is 200 g/mol. The van der Waals surface area contributed by atoms with Crippen LogP contribution in [0.2, 0.25) is 0 Å². The summed E-state index contributed by atoms with van der Waals surface area (Å²) in [4.78, 5) is 0. The van der Waals surface area contributed by atoms with Crippen LogP contribution in [0, 0.1) is 0 Å². The van der Waals surface area contributed by atoms with Crippen molar-refractivity contribution >= 4 is 0 Å². The fourth-order valence-electron chi connectivity index (χ4n) is 1.52. The molecule has 1 aliphatic heterocycles. The Bertz CT molecular complexity index is 173. The van der Waals surface area contributed by atoms with Gasteiger partial charge in [0.2, 0.25) is 0 Å². The second-order valence-corrected chi connectivity index (χ2v) is 3.94. The highest BCUT2D eigenvalue weighted by Gasteiger charge is 2.15. The van der Waals surface area contributed by atoms with Gasteiger partial charge in [0.25, 0.3) is 0 Å². The fourth-order valence-corrected chi connectivity index (χ4v) is 1.52. The predicted octanol–water partition coefficient (Wildman–Crippen LogP) is 1.86. The van der Waals surface area contributed by atoms with Gasteiger partial charge in [-0.2, -0.15) is 0 Å². The van der Waals surface area contributed by atoms with Crippen molar-refractivity contribution in [2.24, 2.45) is 0 Å². The Balaban J connectivity index is 2.09. The second-order valence-electron chi connectivity index (χ2n) is 3.94. The molecule has 0 aromatic rings. The molecule has 3 nitrogen and oxygen atoms in total. The van der Waals surface area contributed by atoms with Crippen LogP contribution in [0.5, 0.6) is 0 Å². The number of hydrogen-bond acceptors (Lipinski definition) is 3. The van der Waals surface area contributed by atoms with Crippen molar-refractivity contribution in [3.8, 4) is 0 Å². The van der Waals surface area contributed by atoms with E-state index < -0.39 is 6.10 Å². The van der Waals surface area contributed by atoms with Crippen molar-refractivity contribution in [3.05, 3.63) is 12.2 Å². The van der Waals surface area contributed by atoms with Crippen molar-refractivity contribution in [1.82, 2.24) is 0 Å². The highest BCUT2D eigenvalue weighted by atomic mass is 16.7. The van der Waals surface area contributed by atoms with Crippen molar-refractivity contribution in [2.75, 3.05) is 13.2 Å². The SMILES string of the molecule is C=C(C)C[C@H](O)COC1CCCCO1. The van der Waals surface area contributed by atoms with Crippen LogP contribution in [0.3, 0.4) is 0 Å². The lowest BCUT2D eigenvalue weighted by atomic mass is 10.1. The average Bonchev–Trinajstić information content (AvgIpc) is 2.15. The highest BCUT2D eigenvalue weighted by molar-refractivity contribution is 4.90. The van der Waals surface area contributed by atoms with Crippen LogP contribution in [0.4, 0.5) is 0 Å². The molecule has 1 unspecified atom stereocenters. The van der Waals surface area contributed by atoms with Crippen molar-refractivity contribution in [3.63, 3.8) is 0 Å². The molecule has 2 atom stereocenters. The minimum absolute atomic E-state index is 0.108. The minimum Gasteiger partial charge on any atom is -0.390 e. The molecule has 3 heteroatoms. The smallest absolute Gasteiger partial charge is 0.157 e. The summed E-state index contributed by atoms with van der Waals surface area (Å²) in [5.74, 6) is 0. The zero-order chi connectivity index (χ0) is 10.4. The summed E-state index contributed by atoms with van der Waals surface area (Å²) in [7, 11) is 0. The third-order valence-electron chi connectivity index (χ3n) is 2.20. The van der Waals surface area contributed by atoms with Crippen LogP contribution in [0.15, 0.2) is 12.2 Å². The lowest BCUT2D eigenvalue weighted by molar-refractivity contribution is -0.174. The molecule has 0 aliphatic carbocycles. The van der Waals surface area contributed by atoms with Gasteiger partial charge in [-0.05, 0) is 32.6 Å². The van der Waals surface area contributed by atoms with Gasteiger partial charge in [-0.15, -0.1) is 6.58 Å². The van der Waals surface area contributed by atoms with Crippen LogP contribution in [-0.2, 0) is 9.47 Å². The minimum atomic E-state index is -0.446. The zero-order valence-corrected chi connectivity index (χ0v) is 8.87. The Morgan fingerprint density at radius 3 is 3.00 bits per heavy atom. The molecule has 0 aromatic heterocycles. The molecule has 14 heavy (non-hydrogen) atoms. The van der Waals surface area contributed by atoms with Crippen molar-refractivity contribution in [1.29, 1.82) is 0 Å². The summed E-state index contributed by atoms with van der Waals surface area (Å²) in [5, 5.41) is 9.51. The first-order valence-electron chi connectivity index (χ1n) is 5.24. The Kier molecular flexibility index (Phi) is 5.15. The quantitative estimate of drug-likeness (QED) is 0.688. The molecule has 0 aromatic carbocycles. The summed E-state index contributed by atoms with van der Waals surface area (Å²) >= 11 is 0. The van der Waals surface area contributed by atoms with E-state index in [2.05, 4.69) is 6.58 Å². The van der Waals surface area contributed by atoms with Gasteiger partial charge in [-0.3, -0.25) is 0 Å². The van der Waals surface area contributed by atoms with Gasteiger partial charge in [0, 0.05) is 6.61 Å². The zero-order valence-electron chi connectivity index (χ0n) is 8.87. The fraction of sp³-hybridized carbons (Fsp3) is 0.818. The molecule has 0 radical (unpaired) electrons. The number of ether oxygens (including phenoxy) is 2. The largest absolute Gasteiger partial charge is 0.390 e. The molecule has 1 heterocycles. The van der Waals surface area contributed by atoms with Crippen molar-refractivity contribution < 1.29 is 14.6 Å². The van der Waals surface area contributed by atoms with Crippen molar-refractivity contribution in [2.45, 2.75) is 45.0 Å². The Labute approximate surface area is 85.7 Å². The molecular weight excluding hydrogens is 180 g/mol. The van der Waals surface area contributed by atoms with Gasteiger partial charge >= 0.3 is 0 Å². The van der Waals surface area contributed by atoms with E-state index in [1.54, 1.807) is 0 Å². The summed E-state index contributed by atoms with van der Waals surface area (Å²) in [6, 6.07) is 0. The molecule has 0 amide bonds. The Hall–Kier alpha value is -0.380. The van der Waals surface area contributed by atoms with Gasteiger partial charge in [-0.1, -0.05) is 5.57 Å². The second kappa shape index (κ2) is 6.17. The summed E-state index contributed by atoms with van der Waals surface area (Å²) < 4.78 is 10.8. The van der Waals surface area contributed by atoms with Crippen LogP contribution < -0.4 is 0 Å². The lowest BCUT2D eigenvalue weighted by Crippen LogP contribution is -2.26. The number of rotatable bonds is 5. The van der Waals surface area contributed by atoms with E-state index in [4.69, 9.17) is 9.47 Å². The van der Waals surface area contributed by atoms with Gasteiger partial charge in [0.05, 0.1) is 12.7 Å². The van der Waals surface area contributed by atoms with Gasteiger partial charge in [0.1, 0.15) is 0 Å². The molecule has 1 N–H and O–H groups in total. The number of hydrogen-bond donors (Lipinski definition) is 1. The van der Waals surface area contributed by atoms with E-state index in [0.29, 0.717) is 13.0 Å². The number of aliphatic hydroxyl groups excluding tert-OH is 1. The maximum atomic E-state index is 9.51. The molecule has 0 saturated carbocycles. The maximum Gasteiger partial charge on any atom is 0.157 e. The maximum absolute atomic E-state index is 9.51. The third-order valence-corrected chi connectivity index (χ3v) is 2.20. The number of aliphatic hydroxyl groups is 1. The summed E-state index contributed by atoms with van der Waals surface area (Å²) in [6.07, 6.45) is 3.27. The molecule has 0 bridgehead atoms. The highest BCUT2D eigenvalue weighted by Crippen LogP contribution is 2.14. The van der Waals surface area contributed by atoms with E-state index in [-0.39, 0.29) is 6.29 Å². The van der Waals surface area contributed by atoms with Crippen LogP contribution in [0.25, 0.3) is 0 Å². The molecule has 1 rings (SSSR count). The van der Waals surface area contributed by atoms with Crippen LogP contribution in [0.1, 0.15) is 32.6 Å². The summed E-state index contributed by atoms with van der Waals surface area (Å²) in [6.45, 7) is 6.77. The van der Waals surface area contributed by atoms with E-state index in [9.17, 15) is 5.11 Å². The van der Waals surface area contributed by atoms with Crippen LogP contribution in [-0.4, -0.2) is 30.7 Å².